The van der Waals surface area contributed by atoms with Crippen LogP contribution in [-0.2, 0) is 18.3 Å². The topological polar surface area (TPSA) is 96.8 Å². The summed E-state index contributed by atoms with van der Waals surface area (Å²) in [5.74, 6) is 1.40. The molecule has 0 bridgehead atoms. The minimum Gasteiger partial charge on any atom is -0.371 e. The second-order valence-corrected chi connectivity index (χ2v) is 6.29. The summed E-state index contributed by atoms with van der Waals surface area (Å²) in [7, 11) is 3.79. The highest BCUT2D eigenvalue weighted by atomic mass is 16.5. The predicted octanol–water partition coefficient (Wildman–Crippen LogP) is 1.01. The molecule has 3 aromatic rings. The van der Waals surface area contributed by atoms with Gasteiger partial charge in [-0.3, -0.25) is 9.58 Å². The number of aromatic nitrogens is 6. The number of anilines is 1. The molecular weight excluding hydrogens is 320 g/mol. The molecule has 1 unspecified atom stereocenters. The lowest BCUT2D eigenvalue weighted by molar-refractivity contribution is -0.0370. The first kappa shape index (κ1) is 16.0. The lowest BCUT2D eigenvalue weighted by Gasteiger charge is -2.32. The van der Waals surface area contributed by atoms with Gasteiger partial charge in [0, 0.05) is 45.5 Å². The predicted molar refractivity (Wildman–Crippen MR) is 93.1 cm³/mol. The molecule has 1 atom stereocenters. The number of nitrogens with zero attached hydrogens (tertiary/aromatic N) is 6. The van der Waals surface area contributed by atoms with Crippen molar-refractivity contribution in [3.63, 3.8) is 0 Å². The highest BCUT2D eigenvalue weighted by Gasteiger charge is 2.26. The molecule has 0 amide bonds. The summed E-state index contributed by atoms with van der Waals surface area (Å²) in [6.07, 6.45) is 3.54. The van der Waals surface area contributed by atoms with Crippen LogP contribution in [0.4, 0.5) is 5.82 Å². The Bertz CT molecular complexity index is 886. The van der Waals surface area contributed by atoms with E-state index >= 15 is 0 Å². The van der Waals surface area contributed by atoms with E-state index in [1.165, 1.54) is 5.56 Å². The first-order valence-corrected chi connectivity index (χ1v) is 8.36. The summed E-state index contributed by atoms with van der Waals surface area (Å²) in [6.45, 7) is 5.17. The van der Waals surface area contributed by atoms with Gasteiger partial charge in [-0.2, -0.15) is 5.10 Å². The van der Waals surface area contributed by atoms with Crippen molar-refractivity contribution >= 4 is 17.0 Å². The number of hydrogen-bond donors (Lipinski definition) is 2. The average molecular weight is 342 g/mol. The van der Waals surface area contributed by atoms with E-state index in [0.717, 1.165) is 36.7 Å². The Balaban J connectivity index is 1.55. The van der Waals surface area contributed by atoms with Crippen molar-refractivity contribution in [1.82, 2.24) is 34.6 Å². The summed E-state index contributed by atoms with van der Waals surface area (Å²) in [4.78, 5) is 18.9. The number of rotatable bonds is 4. The zero-order valence-electron chi connectivity index (χ0n) is 14.7. The van der Waals surface area contributed by atoms with Crippen LogP contribution < -0.4 is 5.32 Å². The van der Waals surface area contributed by atoms with E-state index < -0.39 is 0 Å². The number of H-pyrrole nitrogens is 1. The number of hydrogen-bond acceptors (Lipinski definition) is 7. The third kappa shape index (κ3) is 3.08. The largest absolute Gasteiger partial charge is 0.371 e. The van der Waals surface area contributed by atoms with Crippen LogP contribution in [0.3, 0.4) is 0 Å². The lowest BCUT2D eigenvalue weighted by atomic mass is 10.2. The molecule has 132 valence electrons. The van der Waals surface area contributed by atoms with Gasteiger partial charge in [-0.05, 0) is 6.92 Å². The van der Waals surface area contributed by atoms with Crippen LogP contribution >= 0.6 is 0 Å². The van der Waals surface area contributed by atoms with Crippen molar-refractivity contribution < 1.29 is 4.74 Å². The molecule has 9 nitrogen and oxygen atoms in total. The third-order valence-corrected chi connectivity index (χ3v) is 4.49. The van der Waals surface area contributed by atoms with E-state index in [1.807, 2.05) is 25.7 Å². The molecule has 9 heteroatoms. The maximum atomic E-state index is 5.94. The average Bonchev–Trinajstić information content (AvgIpc) is 3.20. The summed E-state index contributed by atoms with van der Waals surface area (Å²) in [5.41, 5.74) is 3.77. The first-order valence-electron chi connectivity index (χ1n) is 8.36. The van der Waals surface area contributed by atoms with E-state index in [9.17, 15) is 0 Å². The molecule has 2 N–H and O–H groups in total. The first-order chi connectivity index (χ1) is 12.1. The van der Waals surface area contributed by atoms with Gasteiger partial charge >= 0.3 is 0 Å². The Morgan fingerprint density at radius 3 is 3.04 bits per heavy atom. The lowest BCUT2D eigenvalue weighted by Crippen LogP contribution is -2.38. The highest BCUT2D eigenvalue weighted by Crippen LogP contribution is 2.25. The fourth-order valence-electron chi connectivity index (χ4n) is 3.22. The number of nitrogens with one attached hydrogen (secondary N) is 2. The number of imidazole rings is 1. The minimum absolute atomic E-state index is 0.168. The van der Waals surface area contributed by atoms with Crippen LogP contribution in [0.5, 0.6) is 0 Å². The van der Waals surface area contributed by atoms with Gasteiger partial charge in [0.25, 0.3) is 0 Å². The van der Waals surface area contributed by atoms with Gasteiger partial charge in [0.05, 0.1) is 18.6 Å². The Labute approximate surface area is 145 Å². The maximum absolute atomic E-state index is 5.94. The molecule has 0 aliphatic carbocycles. The second-order valence-electron chi connectivity index (χ2n) is 6.29. The summed E-state index contributed by atoms with van der Waals surface area (Å²) in [6, 6.07) is 0. The van der Waals surface area contributed by atoms with Gasteiger partial charge in [-0.25, -0.2) is 15.0 Å². The molecule has 3 aromatic heterocycles. The van der Waals surface area contributed by atoms with Crippen LogP contribution in [0.1, 0.15) is 23.2 Å². The molecule has 4 rings (SSSR count). The van der Waals surface area contributed by atoms with Crippen LogP contribution in [0.25, 0.3) is 11.2 Å². The molecule has 0 spiro atoms. The Morgan fingerprint density at radius 1 is 1.40 bits per heavy atom. The molecule has 1 aliphatic rings. The Morgan fingerprint density at radius 2 is 2.28 bits per heavy atom. The number of fused-ring (bicyclic) bond motifs is 1. The second kappa shape index (κ2) is 6.41. The van der Waals surface area contributed by atoms with Gasteiger partial charge in [0.1, 0.15) is 11.6 Å². The van der Waals surface area contributed by atoms with Crippen LogP contribution in [0, 0.1) is 6.92 Å². The molecule has 1 aliphatic heterocycles. The third-order valence-electron chi connectivity index (χ3n) is 4.49. The van der Waals surface area contributed by atoms with E-state index in [-0.39, 0.29) is 6.10 Å². The molecule has 0 saturated carbocycles. The molecule has 1 saturated heterocycles. The zero-order valence-corrected chi connectivity index (χ0v) is 14.7. The molecular formula is C16H22N8O. The number of morpholine rings is 1. The SMILES string of the molecule is CNc1nc(C2CN(Cc3cn(C)nc3C)CCO2)nc2nc[nH]c12. The number of ether oxygens (including phenoxy) is 1. The van der Waals surface area contributed by atoms with E-state index in [1.54, 1.807) is 6.33 Å². The standard InChI is InChI=1S/C16H22N8O/c1-10-11(6-23(3)22-10)7-24-4-5-25-12(8-24)14-20-15(17-2)13-16(21-14)19-9-18-13/h6,9,12H,4-5,7-8H2,1-3H3,(H2,17,18,19,20,21). The van der Waals surface area contributed by atoms with Crippen molar-refractivity contribution in [2.45, 2.75) is 19.6 Å². The monoisotopic (exact) mass is 342 g/mol. The summed E-state index contributed by atoms with van der Waals surface area (Å²) < 4.78 is 7.80. The van der Waals surface area contributed by atoms with Crippen LogP contribution in [-0.4, -0.2) is 61.4 Å². The molecule has 25 heavy (non-hydrogen) atoms. The molecule has 1 fully saturated rings. The van der Waals surface area contributed by atoms with Crippen molar-refractivity contribution in [3.05, 3.63) is 29.6 Å². The van der Waals surface area contributed by atoms with Crippen LogP contribution in [0.2, 0.25) is 0 Å². The van der Waals surface area contributed by atoms with Gasteiger partial charge in [0.15, 0.2) is 17.3 Å². The smallest absolute Gasteiger partial charge is 0.183 e. The van der Waals surface area contributed by atoms with Crippen molar-refractivity contribution in [1.29, 1.82) is 0 Å². The molecule has 0 aromatic carbocycles. The zero-order chi connectivity index (χ0) is 17.4. The number of aryl methyl sites for hydroxylation is 2. The summed E-state index contributed by atoms with van der Waals surface area (Å²) >= 11 is 0. The maximum Gasteiger partial charge on any atom is 0.183 e. The van der Waals surface area contributed by atoms with E-state index in [2.05, 4.69) is 41.4 Å². The fraction of sp³-hybridized carbons (Fsp3) is 0.500. The van der Waals surface area contributed by atoms with Gasteiger partial charge in [-0.15, -0.1) is 0 Å². The highest BCUT2D eigenvalue weighted by molar-refractivity contribution is 5.82. The van der Waals surface area contributed by atoms with E-state index in [4.69, 9.17) is 4.74 Å². The quantitative estimate of drug-likeness (QED) is 0.730. The Kier molecular flexibility index (Phi) is 4.10. The van der Waals surface area contributed by atoms with Gasteiger partial charge in [0.2, 0.25) is 0 Å². The Hall–Kier alpha value is -2.52. The van der Waals surface area contributed by atoms with Gasteiger partial charge in [-0.1, -0.05) is 0 Å². The fourth-order valence-corrected chi connectivity index (χ4v) is 3.22. The van der Waals surface area contributed by atoms with Crippen molar-refractivity contribution in [2.75, 3.05) is 32.1 Å². The van der Waals surface area contributed by atoms with Gasteiger partial charge < -0.3 is 15.0 Å². The molecule has 4 heterocycles. The van der Waals surface area contributed by atoms with E-state index in [0.29, 0.717) is 18.1 Å². The summed E-state index contributed by atoms with van der Waals surface area (Å²) in [5, 5.41) is 7.51. The number of aromatic amines is 1. The van der Waals surface area contributed by atoms with Crippen LogP contribution in [0.15, 0.2) is 12.5 Å². The molecule has 0 radical (unpaired) electrons. The van der Waals surface area contributed by atoms with Crippen molar-refractivity contribution in [2.24, 2.45) is 7.05 Å². The van der Waals surface area contributed by atoms with Crippen molar-refractivity contribution in [3.8, 4) is 0 Å². The minimum atomic E-state index is -0.168. The normalized spacial score (nSPS) is 18.8.